The Morgan fingerprint density at radius 1 is 1.54 bits per heavy atom. The summed E-state index contributed by atoms with van der Waals surface area (Å²) in [6.45, 7) is 3.56. The number of alkyl halides is 2. The lowest BCUT2D eigenvalue weighted by Gasteiger charge is -2.12. The number of rotatable bonds is 6. The average Bonchev–Trinajstić information content (AvgIpc) is 1.97. The Bertz CT molecular complexity index is 172. The van der Waals surface area contributed by atoms with Crippen LogP contribution in [0.25, 0.3) is 0 Å². The molecule has 0 atom stereocenters. The second-order valence-corrected chi connectivity index (χ2v) is 3.37. The molecule has 0 aromatic carbocycles. The number of carboxylic acid groups (broad SMARTS) is 1. The van der Waals surface area contributed by atoms with E-state index >= 15 is 0 Å². The maximum atomic E-state index is 12.4. The first-order valence-corrected chi connectivity index (χ1v) is 4.18. The molecule has 0 aromatic heterocycles. The van der Waals surface area contributed by atoms with Gasteiger partial charge in [-0.05, 0) is 18.9 Å². The summed E-state index contributed by atoms with van der Waals surface area (Å²) in [6, 6.07) is 0. The predicted molar refractivity (Wildman–Crippen MR) is 44.9 cm³/mol. The maximum absolute atomic E-state index is 12.4. The molecule has 0 aliphatic rings. The number of nitrogens with one attached hydrogen (secondary N) is 1. The molecule has 0 saturated carbocycles. The molecule has 0 radical (unpaired) electrons. The summed E-state index contributed by atoms with van der Waals surface area (Å²) in [5.74, 6) is -5.31. The van der Waals surface area contributed by atoms with Crippen molar-refractivity contribution in [3.05, 3.63) is 0 Å². The third-order valence-electron chi connectivity index (χ3n) is 1.56. The molecule has 0 aliphatic heterocycles. The smallest absolute Gasteiger partial charge is 0.375 e. The molecule has 0 spiro atoms. The molecule has 0 heterocycles. The summed E-state index contributed by atoms with van der Waals surface area (Å²) in [6.07, 6.45) is 0.760. The molecule has 13 heavy (non-hydrogen) atoms. The second kappa shape index (κ2) is 5.11. The predicted octanol–water partition coefficient (Wildman–Crippen LogP) is 1.34. The van der Waals surface area contributed by atoms with Crippen LogP contribution in [0.2, 0.25) is 0 Å². The fourth-order valence-corrected chi connectivity index (χ4v) is 0.712. The van der Waals surface area contributed by atoms with Crippen LogP contribution < -0.4 is 5.32 Å². The Morgan fingerprint density at radius 2 is 2.08 bits per heavy atom. The molecule has 0 aromatic rings. The largest absolute Gasteiger partial charge is 0.477 e. The molecule has 0 rings (SSSR count). The van der Waals surface area contributed by atoms with Crippen molar-refractivity contribution in [3.8, 4) is 0 Å². The Hall–Kier alpha value is -0.710. The number of carbonyl (C=O) groups is 1. The highest BCUT2D eigenvalue weighted by molar-refractivity contribution is 5.75. The van der Waals surface area contributed by atoms with Gasteiger partial charge in [0.1, 0.15) is 0 Å². The lowest BCUT2D eigenvalue weighted by atomic mass is 10.1. The fraction of sp³-hybridized carbons (Fsp3) is 0.875. The summed E-state index contributed by atoms with van der Waals surface area (Å²) < 4.78 is 24.8. The zero-order valence-electron chi connectivity index (χ0n) is 7.81. The quantitative estimate of drug-likeness (QED) is 0.629. The lowest BCUT2D eigenvalue weighted by Crippen LogP contribution is -2.40. The first kappa shape index (κ1) is 12.3. The normalized spacial score (nSPS) is 12.1. The number of halogens is 2. The molecule has 5 heteroatoms. The van der Waals surface area contributed by atoms with E-state index in [-0.39, 0.29) is 0 Å². The third kappa shape index (κ3) is 5.52. The van der Waals surface area contributed by atoms with Gasteiger partial charge in [-0.2, -0.15) is 8.78 Å². The SMILES string of the molecule is CC(C)CCNCC(F)(F)C(=O)O. The first-order chi connectivity index (χ1) is 5.86. The van der Waals surface area contributed by atoms with E-state index < -0.39 is 18.4 Å². The maximum Gasteiger partial charge on any atom is 0.375 e. The van der Waals surface area contributed by atoms with E-state index in [1.807, 2.05) is 13.8 Å². The standard InChI is InChI=1S/C8H15F2NO2/c1-6(2)3-4-11-5-8(9,10)7(12)13/h6,11H,3-5H2,1-2H3,(H,12,13). The van der Waals surface area contributed by atoms with Crippen molar-refractivity contribution in [1.29, 1.82) is 0 Å². The van der Waals surface area contributed by atoms with Gasteiger partial charge in [-0.25, -0.2) is 4.79 Å². The van der Waals surface area contributed by atoms with Gasteiger partial charge in [-0.15, -0.1) is 0 Å². The highest BCUT2D eigenvalue weighted by Gasteiger charge is 2.37. The van der Waals surface area contributed by atoms with E-state index in [0.29, 0.717) is 12.5 Å². The molecule has 0 unspecified atom stereocenters. The number of carboxylic acids is 1. The topological polar surface area (TPSA) is 49.3 Å². The lowest BCUT2D eigenvalue weighted by molar-refractivity contribution is -0.164. The van der Waals surface area contributed by atoms with Crippen LogP contribution in [0, 0.1) is 5.92 Å². The summed E-state index contributed by atoms with van der Waals surface area (Å²) >= 11 is 0. The molecule has 0 fully saturated rings. The second-order valence-electron chi connectivity index (χ2n) is 3.37. The number of hydrogen-bond acceptors (Lipinski definition) is 2. The highest BCUT2D eigenvalue weighted by Crippen LogP contribution is 2.11. The Kier molecular flexibility index (Phi) is 4.83. The number of hydrogen-bond donors (Lipinski definition) is 2. The minimum atomic E-state index is -3.66. The zero-order valence-corrected chi connectivity index (χ0v) is 7.81. The van der Waals surface area contributed by atoms with Gasteiger partial charge >= 0.3 is 11.9 Å². The van der Waals surface area contributed by atoms with Crippen molar-refractivity contribution in [2.45, 2.75) is 26.2 Å². The molecule has 2 N–H and O–H groups in total. The molecule has 0 aliphatic carbocycles. The van der Waals surface area contributed by atoms with Gasteiger partial charge in [0, 0.05) is 0 Å². The van der Waals surface area contributed by atoms with Crippen molar-refractivity contribution in [2.24, 2.45) is 5.92 Å². The van der Waals surface area contributed by atoms with Crippen molar-refractivity contribution < 1.29 is 18.7 Å². The molecule has 3 nitrogen and oxygen atoms in total. The summed E-state index contributed by atoms with van der Waals surface area (Å²) in [5, 5.41) is 10.5. The van der Waals surface area contributed by atoms with E-state index in [1.54, 1.807) is 0 Å². The third-order valence-corrected chi connectivity index (χ3v) is 1.56. The van der Waals surface area contributed by atoms with Crippen LogP contribution in [0.4, 0.5) is 8.78 Å². The van der Waals surface area contributed by atoms with Crippen LogP contribution in [0.5, 0.6) is 0 Å². The minimum Gasteiger partial charge on any atom is -0.477 e. The molecular formula is C8H15F2NO2. The van der Waals surface area contributed by atoms with Crippen molar-refractivity contribution in [2.75, 3.05) is 13.1 Å². The van der Waals surface area contributed by atoms with Gasteiger partial charge < -0.3 is 10.4 Å². The van der Waals surface area contributed by atoms with Crippen LogP contribution in [0.1, 0.15) is 20.3 Å². The Morgan fingerprint density at radius 3 is 2.46 bits per heavy atom. The van der Waals surface area contributed by atoms with Gasteiger partial charge in [-0.1, -0.05) is 13.8 Å². The van der Waals surface area contributed by atoms with Crippen LogP contribution >= 0.6 is 0 Å². The molecule has 78 valence electrons. The number of aliphatic carboxylic acids is 1. The Labute approximate surface area is 76.1 Å². The van der Waals surface area contributed by atoms with Gasteiger partial charge in [0.05, 0.1) is 6.54 Å². The van der Waals surface area contributed by atoms with Crippen LogP contribution in [0.15, 0.2) is 0 Å². The van der Waals surface area contributed by atoms with Gasteiger partial charge in [0.2, 0.25) is 0 Å². The molecular weight excluding hydrogens is 180 g/mol. The van der Waals surface area contributed by atoms with E-state index in [4.69, 9.17) is 5.11 Å². The van der Waals surface area contributed by atoms with Crippen LogP contribution in [-0.4, -0.2) is 30.1 Å². The van der Waals surface area contributed by atoms with Gasteiger partial charge in [-0.3, -0.25) is 0 Å². The van der Waals surface area contributed by atoms with E-state index in [9.17, 15) is 13.6 Å². The molecule has 0 amide bonds. The minimum absolute atomic E-state index is 0.417. The van der Waals surface area contributed by atoms with Crippen molar-refractivity contribution >= 4 is 5.97 Å². The average molecular weight is 195 g/mol. The van der Waals surface area contributed by atoms with Crippen molar-refractivity contribution in [1.82, 2.24) is 5.32 Å². The molecule has 0 bridgehead atoms. The van der Waals surface area contributed by atoms with Crippen LogP contribution in [-0.2, 0) is 4.79 Å². The summed E-state index contributed by atoms with van der Waals surface area (Å²) in [7, 11) is 0. The first-order valence-electron chi connectivity index (χ1n) is 4.18. The van der Waals surface area contributed by atoms with Gasteiger partial charge in [0.25, 0.3) is 0 Å². The summed E-state index contributed by atoms with van der Waals surface area (Å²) in [5.41, 5.74) is 0. The highest BCUT2D eigenvalue weighted by atomic mass is 19.3. The Balaban J connectivity index is 3.58. The monoisotopic (exact) mass is 195 g/mol. The fourth-order valence-electron chi connectivity index (χ4n) is 0.712. The van der Waals surface area contributed by atoms with Crippen molar-refractivity contribution in [3.63, 3.8) is 0 Å². The van der Waals surface area contributed by atoms with Gasteiger partial charge in [0.15, 0.2) is 0 Å². The van der Waals surface area contributed by atoms with Crippen LogP contribution in [0.3, 0.4) is 0 Å². The van der Waals surface area contributed by atoms with E-state index in [1.165, 1.54) is 0 Å². The molecule has 0 saturated heterocycles. The van der Waals surface area contributed by atoms with E-state index in [0.717, 1.165) is 6.42 Å². The van der Waals surface area contributed by atoms with E-state index in [2.05, 4.69) is 5.32 Å². The summed E-state index contributed by atoms with van der Waals surface area (Å²) in [4.78, 5) is 9.96. The zero-order chi connectivity index (χ0) is 10.5.